The van der Waals surface area contributed by atoms with Crippen molar-refractivity contribution in [3.63, 3.8) is 0 Å². The Bertz CT molecular complexity index is 1260. The van der Waals surface area contributed by atoms with Crippen molar-refractivity contribution < 1.29 is 9.59 Å². The highest BCUT2D eigenvalue weighted by molar-refractivity contribution is 5.95. The zero-order valence-electron chi connectivity index (χ0n) is 20.6. The first-order valence-corrected chi connectivity index (χ1v) is 12.7. The molecule has 2 aliphatic rings. The normalized spacial score (nSPS) is 16.9. The van der Waals surface area contributed by atoms with Gasteiger partial charge in [0.25, 0.3) is 0 Å². The monoisotopic (exact) mass is 484 g/mol. The maximum atomic E-state index is 12.9. The first-order valence-electron chi connectivity index (χ1n) is 12.7. The summed E-state index contributed by atoms with van der Waals surface area (Å²) < 4.78 is 0. The zero-order chi connectivity index (χ0) is 24.9. The van der Waals surface area contributed by atoms with Gasteiger partial charge in [-0.3, -0.25) is 24.6 Å². The Morgan fingerprint density at radius 3 is 2.83 bits per heavy atom. The highest BCUT2D eigenvalue weighted by atomic mass is 16.2. The van der Waals surface area contributed by atoms with Gasteiger partial charge in [-0.05, 0) is 63.4 Å². The molecule has 3 aromatic rings. The molecular formula is C28H32N6O2. The van der Waals surface area contributed by atoms with Crippen LogP contribution >= 0.6 is 0 Å². The fourth-order valence-electron chi connectivity index (χ4n) is 4.52. The number of amides is 1. The molecule has 8 nitrogen and oxygen atoms in total. The third-order valence-corrected chi connectivity index (χ3v) is 6.85. The molecule has 1 aliphatic carbocycles. The van der Waals surface area contributed by atoms with Crippen molar-refractivity contribution in [2.45, 2.75) is 50.9 Å². The number of benzene rings is 1. The summed E-state index contributed by atoms with van der Waals surface area (Å²) in [6, 6.07) is 9.66. The minimum Gasteiger partial charge on any atom is -0.309 e. The van der Waals surface area contributed by atoms with Gasteiger partial charge in [-0.25, -0.2) is 4.98 Å². The van der Waals surface area contributed by atoms with Gasteiger partial charge >= 0.3 is 0 Å². The van der Waals surface area contributed by atoms with Crippen molar-refractivity contribution in [1.29, 1.82) is 0 Å². The Labute approximate surface area is 211 Å². The fourth-order valence-corrected chi connectivity index (χ4v) is 4.52. The third-order valence-electron chi connectivity index (χ3n) is 6.85. The quantitative estimate of drug-likeness (QED) is 0.417. The second-order valence-electron chi connectivity index (χ2n) is 9.77. The summed E-state index contributed by atoms with van der Waals surface area (Å²) >= 11 is 0. The molecule has 36 heavy (non-hydrogen) atoms. The molecule has 8 heteroatoms. The van der Waals surface area contributed by atoms with Gasteiger partial charge in [0.2, 0.25) is 5.91 Å². The fraction of sp³-hybridized carbons (Fsp3) is 0.393. The highest BCUT2D eigenvalue weighted by Gasteiger charge is 2.26. The molecule has 0 bridgehead atoms. The molecule has 186 valence electrons. The molecule has 1 atom stereocenters. The second kappa shape index (κ2) is 11.0. The Kier molecular flexibility index (Phi) is 7.32. The molecule has 0 radical (unpaired) electrons. The van der Waals surface area contributed by atoms with Crippen molar-refractivity contribution in [3.8, 4) is 11.3 Å². The number of hydrogen-bond acceptors (Lipinski definition) is 6. The molecule has 1 saturated heterocycles. The molecule has 1 unspecified atom stereocenters. The number of aromatic amines is 1. The lowest BCUT2D eigenvalue weighted by Gasteiger charge is -2.13. The topological polar surface area (TPSA) is 104 Å². The van der Waals surface area contributed by atoms with E-state index < -0.39 is 0 Å². The standard InChI is InChI=1S/C28H32N6O2/c1-19(28(36)31-27-16-25(32-33-27)20-9-10-20)21-6-4-7-22(14-21)26-18-29-17-23(30-26)15-24(35)8-5-13-34-11-2-3-12-34/h4-8,14,16-20H,2-3,9-13,15H2,1H3,(H2,31,32,33,36)/b8-5+. The number of rotatable bonds is 10. The minimum atomic E-state index is -0.371. The van der Waals surface area contributed by atoms with Gasteiger partial charge in [-0.1, -0.05) is 24.3 Å². The number of nitrogens with one attached hydrogen (secondary N) is 2. The Balaban J connectivity index is 1.21. The maximum Gasteiger partial charge on any atom is 0.232 e. The number of aromatic nitrogens is 4. The Morgan fingerprint density at radius 2 is 2.03 bits per heavy atom. The van der Waals surface area contributed by atoms with E-state index in [-0.39, 0.29) is 24.0 Å². The van der Waals surface area contributed by atoms with Crippen LogP contribution in [0.1, 0.15) is 61.4 Å². The number of H-pyrrole nitrogens is 1. The van der Waals surface area contributed by atoms with Gasteiger partial charge in [-0.2, -0.15) is 5.10 Å². The lowest BCUT2D eigenvalue weighted by atomic mass is 9.97. The van der Waals surface area contributed by atoms with Crippen molar-refractivity contribution >= 4 is 17.5 Å². The highest BCUT2D eigenvalue weighted by Crippen LogP contribution is 2.39. The van der Waals surface area contributed by atoms with Crippen LogP contribution in [0.15, 0.2) is 54.9 Å². The van der Waals surface area contributed by atoms with Gasteiger partial charge in [0, 0.05) is 36.0 Å². The number of carbonyl (C=O) groups is 2. The molecule has 1 aromatic carbocycles. The largest absolute Gasteiger partial charge is 0.309 e. The number of carbonyl (C=O) groups excluding carboxylic acids is 2. The van der Waals surface area contributed by atoms with E-state index in [4.69, 9.17) is 0 Å². The van der Waals surface area contributed by atoms with Gasteiger partial charge in [0.05, 0.1) is 29.9 Å². The van der Waals surface area contributed by atoms with Crippen LogP contribution in [0.5, 0.6) is 0 Å². The van der Waals surface area contributed by atoms with E-state index in [2.05, 4.69) is 30.4 Å². The molecular weight excluding hydrogens is 452 g/mol. The summed E-state index contributed by atoms with van der Waals surface area (Å²) in [6.45, 7) is 4.90. The van der Waals surface area contributed by atoms with E-state index in [1.165, 1.54) is 25.7 Å². The molecule has 3 heterocycles. The summed E-state index contributed by atoms with van der Waals surface area (Å²) in [6.07, 6.45) is 11.9. The number of nitrogens with zero attached hydrogens (tertiary/aromatic N) is 4. The van der Waals surface area contributed by atoms with Crippen LogP contribution in [0.2, 0.25) is 0 Å². The van der Waals surface area contributed by atoms with Crippen LogP contribution in [-0.4, -0.2) is 56.4 Å². The van der Waals surface area contributed by atoms with Gasteiger partial charge in [0.1, 0.15) is 0 Å². The van der Waals surface area contributed by atoms with Crippen LogP contribution in [0.4, 0.5) is 5.82 Å². The lowest BCUT2D eigenvalue weighted by molar-refractivity contribution is -0.117. The van der Waals surface area contributed by atoms with Crippen molar-refractivity contribution in [2.75, 3.05) is 25.0 Å². The maximum absolute atomic E-state index is 12.9. The minimum absolute atomic E-state index is 0.0166. The summed E-state index contributed by atoms with van der Waals surface area (Å²) in [5.41, 5.74) is 4.12. The molecule has 2 fully saturated rings. The number of allylic oxidation sites excluding steroid dienone is 1. The van der Waals surface area contributed by atoms with E-state index in [0.29, 0.717) is 23.1 Å². The Morgan fingerprint density at radius 1 is 1.19 bits per heavy atom. The van der Waals surface area contributed by atoms with Gasteiger partial charge in [0.15, 0.2) is 11.6 Å². The first-order chi connectivity index (χ1) is 17.5. The van der Waals surface area contributed by atoms with Crippen molar-refractivity contribution in [2.24, 2.45) is 0 Å². The number of anilines is 1. The first kappa shape index (κ1) is 24.1. The van der Waals surface area contributed by atoms with Crippen LogP contribution in [0, 0.1) is 0 Å². The Hall–Kier alpha value is -3.65. The van der Waals surface area contributed by atoms with Crippen LogP contribution in [-0.2, 0) is 16.0 Å². The number of ketones is 1. The zero-order valence-corrected chi connectivity index (χ0v) is 20.6. The predicted octanol–water partition coefficient (Wildman–Crippen LogP) is 4.25. The van der Waals surface area contributed by atoms with Crippen LogP contribution in [0.25, 0.3) is 11.3 Å². The van der Waals surface area contributed by atoms with Gasteiger partial charge in [-0.15, -0.1) is 0 Å². The summed E-state index contributed by atoms with van der Waals surface area (Å²) in [5.74, 6) is 0.637. The molecule has 0 spiro atoms. The third kappa shape index (κ3) is 6.12. The van der Waals surface area contributed by atoms with E-state index in [0.717, 1.165) is 36.5 Å². The molecule has 1 amide bonds. The predicted molar refractivity (Wildman–Crippen MR) is 139 cm³/mol. The molecule has 2 N–H and O–H groups in total. The molecule has 2 aromatic heterocycles. The molecule has 1 saturated carbocycles. The van der Waals surface area contributed by atoms with Crippen molar-refractivity contribution in [3.05, 3.63) is 71.8 Å². The molecule has 5 rings (SSSR count). The van der Waals surface area contributed by atoms with Gasteiger partial charge < -0.3 is 5.32 Å². The van der Waals surface area contributed by atoms with E-state index in [1.807, 2.05) is 43.3 Å². The average Bonchev–Trinajstić information content (AvgIpc) is 3.40. The summed E-state index contributed by atoms with van der Waals surface area (Å²) in [4.78, 5) is 36.6. The number of likely N-dealkylation sites (tertiary alicyclic amines) is 1. The lowest BCUT2D eigenvalue weighted by Crippen LogP contribution is -2.19. The summed E-state index contributed by atoms with van der Waals surface area (Å²) in [7, 11) is 0. The molecule has 1 aliphatic heterocycles. The van der Waals surface area contributed by atoms with Crippen LogP contribution in [0.3, 0.4) is 0 Å². The number of hydrogen-bond donors (Lipinski definition) is 2. The SMILES string of the molecule is CC(C(=O)Nc1cc(C2CC2)[nH]n1)c1cccc(-c2cncc(CC(=O)/C=C/CN3CCCC3)n2)c1. The van der Waals surface area contributed by atoms with E-state index in [9.17, 15) is 9.59 Å². The van der Waals surface area contributed by atoms with Crippen LogP contribution < -0.4 is 5.32 Å². The second-order valence-corrected chi connectivity index (χ2v) is 9.77. The van der Waals surface area contributed by atoms with Crippen molar-refractivity contribution in [1.82, 2.24) is 25.1 Å². The smallest absolute Gasteiger partial charge is 0.232 e. The van der Waals surface area contributed by atoms with E-state index in [1.54, 1.807) is 18.5 Å². The summed E-state index contributed by atoms with van der Waals surface area (Å²) in [5, 5.41) is 10.1. The van der Waals surface area contributed by atoms with E-state index >= 15 is 0 Å². The average molecular weight is 485 g/mol.